The number of carbonyl (C=O) groups is 2. The molecule has 1 aromatic heterocycles. The molecule has 162 valence electrons. The van der Waals surface area contributed by atoms with Gasteiger partial charge >= 0.3 is 5.97 Å². The van der Waals surface area contributed by atoms with Crippen molar-refractivity contribution in [2.45, 2.75) is 13.0 Å². The molecule has 2 N–H and O–H groups in total. The maximum atomic E-state index is 12.9. The number of nitrogens with one attached hydrogen (secondary N) is 1. The normalized spacial score (nSPS) is 10.5. The summed E-state index contributed by atoms with van der Waals surface area (Å²) in [5, 5.41) is 19.2. The summed E-state index contributed by atoms with van der Waals surface area (Å²) in [6, 6.07) is 22.2. The predicted molar refractivity (Wildman–Crippen MR) is 123 cm³/mol. The zero-order valence-corrected chi connectivity index (χ0v) is 17.5. The largest absolute Gasteiger partial charge is 0.478 e. The summed E-state index contributed by atoms with van der Waals surface area (Å²) in [4.78, 5) is 40.4. The molecule has 33 heavy (non-hydrogen) atoms. The molecule has 0 aliphatic rings. The van der Waals surface area contributed by atoms with E-state index in [1.807, 2.05) is 36.5 Å². The number of carboxylic acids is 1. The standard InChI is InChI=1S/C26H19N3O4/c27-16-29(15-18-4-2-1-3-5-18)25(31)20-10-11-23-21(13-20)14-22(24(30)28-23)12-17-6-8-19(9-7-17)26(32)33/h1-11,13-14H,12,15H2,(H,28,30)(H,32,33). The minimum absolute atomic E-state index is 0.164. The smallest absolute Gasteiger partial charge is 0.335 e. The molecule has 0 radical (unpaired) electrons. The van der Waals surface area contributed by atoms with Crippen molar-refractivity contribution in [3.8, 4) is 6.19 Å². The number of fused-ring (bicyclic) bond motifs is 1. The van der Waals surface area contributed by atoms with Crippen LogP contribution in [0, 0.1) is 11.5 Å². The van der Waals surface area contributed by atoms with Crippen LogP contribution in [0.5, 0.6) is 0 Å². The second-order valence-electron chi connectivity index (χ2n) is 7.58. The van der Waals surface area contributed by atoms with Crippen LogP contribution in [-0.4, -0.2) is 26.9 Å². The molecule has 7 heteroatoms. The maximum Gasteiger partial charge on any atom is 0.335 e. The second kappa shape index (κ2) is 9.20. The van der Waals surface area contributed by atoms with Gasteiger partial charge in [-0.15, -0.1) is 0 Å². The molecule has 7 nitrogen and oxygen atoms in total. The Morgan fingerprint density at radius 1 is 0.909 bits per heavy atom. The van der Waals surface area contributed by atoms with Crippen molar-refractivity contribution in [1.29, 1.82) is 5.26 Å². The van der Waals surface area contributed by atoms with Crippen molar-refractivity contribution in [2.24, 2.45) is 0 Å². The highest BCUT2D eigenvalue weighted by Crippen LogP contribution is 2.18. The first kappa shape index (κ1) is 21.5. The van der Waals surface area contributed by atoms with Crippen LogP contribution >= 0.6 is 0 Å². The number of nitrogens with zero attached hydrogens (tertiary/aromatic N) is 2. The number of carbonyl (C=O) groups excluding carboxylic acids is 1. The van der Waals surface area contributed by atoms with E-state index < -0.39 is 11.9 Å². The molecule has 0 saturated heterocycles. The third kappa shape index (κ3) is 4.81. The average molecular weight is 437 g/mol. The van der Waals surface area contributed by atoms with Crippen molar-refractivity contribution in [1.82, 2.24) is 9.88 Å². The van der Waals surface area contributed by atoms with Gasteiger partial charge in [0, 0.05) is 23.1 Å². The van der Waals surface area contributed by atoms with E-state index in [4.69, 9.17) is 5.11 Å². The summed E-state index contributed by atoms with van der Waals surface area (Å²) in [7, 11) is 0. The Labute approximate surface area is 189 Å². The zero-order chi connectivity index (χ0) is 23.4. The molecule has 1 amide bonds. The molecule has 0 atom stereocenters. The van der Waals surface area contributed by atoms with Crippen LogP contribution in [0.15, 0.2) is 83.7 Å². The van der Waals surface area contributed by atoms with Gasteiger partial charge < -0.3 is 10.1 Å². The van der Waals surface area contributed by atoms with Gasteiger partial charge in [-0.1, -0.05) is 42.5 Å². The minimum atomic E-state index is -1.01. The van der Waals surface area contributed by atoms with Crippen molar-refractivity contribution < 1.29 is 14.7 Å². The third-order valence-electron chi connectivity index (χ3n) is 5.31. The molecule has 1 heterocycles. The van der Waals surface area contributed by atoms with Crippen LogP contribution in [0.4, 0.5) is 0 Å². The lowest BCUT2D eigenvalue weighted by atomic mass is 10.0. The first-order valence-electron chi connectivity index (χ1n) is 10.2. The summed E-state index contributed by atoms with van der Waals surface area (Å²) in [6.07, 6.45) is 2.25. The van der Waals surface area contributed by atoms with Crippen LogP contribution in [0.3, 0.4) is 0 Å². The van der Waals surface area contributed by atoms with Gasteiger partial charge in [0.25, 0.3) is 11.5 Å². The van der Waals surface area contributed by atoms with Crippen molar-refractivity contribution >= 4 is 22.8 Å². The fourth-order valence-corrected chi connectivity index (χ4v) is 3.58. The number of hydrogen-bond donors (Lipinski definition) is 2. The molecule has 0 aliphatic carbocycles. The fraction of sp³-hybridized carbons (Fsp3) is 0.0769. The van der Waals surface area contributed by atoms with E-state index in [1.165, 1.54) is 12.1 Å². The summed E-state index contributed by atoms with van der Waals surface area (Å²) in [5.41, 5.74) is 2.94. The first-order chi connectivity index (χ1) is 15.9. The number of amides is 1. The van der Waals surface area contributed by atoms with E-state index in [-0.39, 0.29) is 17.7 Å². The van der Waals surface area contributed by atoms with Gasteiger partial charge in [0.05, 0.1) is 12.1 Å². The Morgan fingerprint density at radius 3 is 2.27 bits per heavy atom. The Balaban J connectivity index is 1.61. The lowest BCUT2D eigenvalue weighted by Gasteiger charge is -2.14. The summed E-state index contributed by atoms with van der Waals surface area (Å²) in [5.74, 6) is -1.44. The van der Waals surface area contributed by atoms with E-state index in [1.54, 1.807) is 36.4 Å². The van der Waals surface area contributed by atoms with Gasteiger partial charge in [0.2, 0.25) is 0 Å². The highest BCUT2D eigenvalue weighted by molar-refractivity contribution is 5.98. The average Bonchev–Trinajstić information content (AvgIpc) is 2.83. The van der Waals surface area contributed by atoms with E-state index >= 15 is 0 Å². The fourth-order valence-electron chi connectivity index (χ4n) is 3.58. The first-order valence-corrected chi connectivity index (χ1v) is 10.2. The van der Waals surface area contributed by atoms with E-state index in [9.17, 15) is 19.6 Å². The summed E-state index contributed by atoms with van der Waals surface area (Å²) < 4.78 is 0. The quantitative estimate of drug-likeness (QED) is 0.350. The van der Waals surface area contributed by atoms with Gasteiger partial charge in [-0.2, -0.15) is 5.26 Å². The summed E-state index contributed by atoms with van der Waals surface area (Å²) >= 11 is 0. The minimum Gasteiger partial charge on any atom is -0.478 e. The SMILES string of the molecule is N#CN(Cc1ccccc1)C(=O)c1ccc2[nH]c(=O)c(Cc3ccc(C(=O)O)cc3)cc2c1. The molecule has 0 bridgehead atoms. The Morgan fingerprint density at radius 2 is 1.61 bits per heavy atom. The number of aromatic nitrogens is 1. The molecule has 4 rings (SSSR count). The van der Waals surface area contributed by atoms with Crippen LogP contribution in [-0.2, 0) is 13.0 Å². The monoisotopic (exact) mass is 437 g/mol. The Hall–Kier alpha value is -4.70. The summed E-state index contributed by atoms with van der Waals surface area (Å²) in [6.45, 7) is 0.164. The van der Waals surface area contributed by atoms with Gasteiger partial charge in [-0.05, 0) is 52.9 Å². The van der Waals surface area contributed by atoms with E-state index in [0.717, 1.165) is 16.0 Å². The van der Waals surface area contributed by atoms with E-state index in [2.05, 4.69) is 4.98 Å². The molecule has 0 aliphatic heterocycles. The number of aromatic amines is 1. The van der Waals surface area contributed by atoms with Crippen LogP contribution in [0.2, 0.25) is 0 Å². The third-order valence-corrected chi connectivity index (χ3v) is 5.31. The number of nitriles is 1. The zero-order valence-electron chi connectivity index (χ0n) is 17.5. The number of rotatable bonds is 6. The van der Waals surface area contributed by atoms with Crippen LogP contribution in [0.25, 0.3) is 10.9 Å². The van der Waals surface area contributed by atoms with Crippen molar-refractivity contribution in [3.05, 3.63) is 117 Å². The second-order valence-corrected chi connectivity index (χ2v) is 7.58. The van der Waals surface area contributed by atoms with Crippen LogP contribution < -0.4 is 5.56 Å². The van der Waals surface area contributed by atoms with E-state index in [0.29, 0.717) is 28.5 Å². The van der Waals surface area contributed by atoms with Gasteiger partial charge in [-0.3, -0.25) is 9.59 Å². The maximum absolute atomic E-state index is 12.9. The molecule has 0 unspecified atom stereocenters. The Kier molecular flexibility index (Phi) is 6.00. The molecule has 0 fully saturated rings. The molecular formula is C26H19N3O4. The highest BCUT2D eigenvalue weighted by atomic mass is 16.4. The molecule has 3 aromatic carbocycles. The van der Waals surface area contributed by atoms with Crippen molar-refractivity contribution in [2.75, 3.05) is 0 Å². The van der Waals surface area contributed by atoms with Gasteiger partial charge in [0.15, 0.2) is 6.19 Å². The topological polar surface area (TPSA) is 114 Å². The molecule has 0 saturated carbocycles. The molecule has 0 spiro atoms. The van der Waals surface area contributed by atoms with Gasteiger partial charge in [-0.25, -0.2) is 9.69 Å². The van der Waals surface area contributed by atoms with Crippen LogP contribution in [0.1, 0.15) is 37.4 Å². The number of carboxylic acid groups (broad SMARTS) is 1. The Bertz CT molecular complexity index is 1430. The van der Waals surface area contributed by atoms with Gasteiger partial charge in [0.1, 0.15) is 0 Å². The lowest BCUT2D eigenvalue weighted by molar-refractivity contribution is 0.0696. The lowest BCUT2D eigenvalue weighted by Crippen LogP contribution is -2.25. The van der Waals surface area contributed by atoms with Crippen molar-refractivity contribution in [3.63, 3.8) is 0 Å². The number of H-pyrrole nitrogens is 1. The molecule has 4 aromatic rings. The number of pyridine rings is 1. The highest BCUT2D eigenvalue weighted by Gasteiger charge is 2.17. The number of hydrogen-bond acceptors (Lipinski definition) is 4. The molecular weight excluding hydrogens is 418 g/mol. The number of benzene rings is 3. The predicted octanol–water partition coefficient (Wildman–Crippen LogP) is 3.94. The number of aromatic carboxylic acids is 1.